The lowest BCUT2D eigenvalue weighted by Crippen LogP contribution is -2.47. The van der Waals surface area contributed by atoms with Crippen LogP contribution in [0.15, 0.2) is 97.1 Å². The van der Waals surface area contributed by atoms with E-state index in [0.29, 0.717) is 16.9 Å². The second-order valence-electron chi connectivity index (χ2n) is 9.74. The van der Waals surface area contributed by atoms with Crippen molar-refractivity contribution in [2.24, 2.45) is 0 Å². The van der Waals surface area contributed by atoms with Crippen molar-refractivity contribution < 1.29 is 24.6 Å². The molecule has 0 saturated carbocycles. The van der Waals surface area contributed by atoms with Crippen LogP contribution in [0, 0.1) is 0 Å². The molecule has 0 spiro atoms. The summed E-state index contributed by atoms with van der Waals surface area (Å²) in [5, 5.41) is 22.5. The molecule has 1 atom stereocenters. The molecule has 208 valence electrons. The van der Waals surface area contributed by atoms with E-state index in [1.54, 1.807) is 41.3 Å². The van der Waals surface area contributed by atoms with E-state index < -0.39 is 17.9 Å². The SMILES string of the molecule is O=C(O)CN1Cc2ccccc2N(C(=O)c2ccc(NC(=O)c3ccccc3-c3ccccc3)cc2Cl)C[C@H]1CO. The summed E-state index contributed by atoms with van der Waals surface area (Å²) >= 11 is 6.60. The molecule has 0 radical (unpaired) electrons. The zero-order chi connectivity index (χ0) is 28.9. The highest BCUT2D eigenvalue weighted by molar-refractivity contribution is 6.35. The maximum Gasteiger partial charge on any atom is 0.317 e. The van der Waals surface area contributed by atoms with Gasteiger partial charge in [-0.2, -0.15) is 0 Å². The molecule has 4 aromatic rings. The summed E-state index contributed by atoms with van der Waals surface area (Å²) in [6.45, 7) is -0.260. The lowest BCUT2D eigenvalue weighted by molar-refractivity contribution is -0.139. The van der Waals surface area contributed by atoms with Crippen molar-refractivity contribution in [3.8, 4) is 11.1 Å². The van der Waals surface area contributed by atoms with Crippen LogP contribution in [0.5, 0.6) is 0 Å². The standard InChI is InChI=1S/C32H28ClN3O5/c33-28-16-23(34-31(40)26-12-6-5-11-25(26)21-8-2-1-3-9-21)14-15-27(28)32(41)36-18-24(20-37)35(19-30(38)39)17-22-10-4-7-13-29(22)36/h1-16,24,37H,17-20H2,(H,34,40)(H,38,39)/t24-/m0/s1. The largest absolute Gasteiger partial charge is 0.480 e. The van der Waals surface area contributed by atoms with Crippen LogP contribution in [0.3, 0.4) is 0 Å². The lowest BCUT2D eigenvalue weighted by atomic mass is 9.99. The average Bonchev–Trinajstić information content (AvgIpc) is 3.13. The van der Waals surface area contributed by atoms with Crippen LogP contribution in [0.25, 0.3) is 11.1 Å². The predicted molar refractivity (Wildman–Crippen MR) is 158 cm³/mol. The van der Waals surface area contributed by atoms with Crippen molar-refractivity contribution in [2.45, 2.75) is 12.6 Å². The third kappa shape index (κ3) is 6.15. The number of aliphatic hydroxyl groups is 1. The van der Waals surface area contributed by atoms with Crippen molar-refractivity contribution in [3.63, 3.8) is 0 Å². The fraction of sp³-hybridized carbons (Fsp3) is 0.156. The molecule has 41 heavy (non-hydrogen) atoms. The highest BCUT2D eigenvalue weighted by Gasteiger charge is 2.32. The van der Waals surface area contributed by atoms with E-state index in [4.69, 9.17) is 11.6 Å². The Bertz CT molecular complexity index is 1590. The molecule has 1 heterocycles. The van der Waals surface area contributed by atoms with E-state index in [1.807, 2.05) is 54.6 Å². The first-order chi connectivity index (χ1) is 19.9. The molecule has 0 unspecified atom stereocenters. The Morgan fingerprint density at radius 1 is 0.878 bits per heavy atom. The van der Waals surface area contributed by atoms with Gasteiger partial charge in [-0.3, -0.25) is 19.3 Å². The van der Waals surface area contributed by atoms with E-state index in [-0.39, 0.29) is 42.7 Å². The smallest absolute Gasteiger partial charge is 0.317 e. The number of para-hydroxylation sites is 1. The topological polar surface area (TPSA) is 110 Å². The number of hydrogen-bond acceptors (Lipinski definition) is 5. The number of amides is 2. The van der Waals surface area contributed by atoms with Crippen molar-refractivity contribution >= 4 is 40.8 Å². The molecule has 0 aliphatic carbocycles. The molecule has 5 rings (SSSR count). The first-order valence-corrected chi connectivity index (χ1v) is 13.5. The van der Waals surface area contributed by atoms with Crippen molar-refractivity contribution in [1.82, 2.24) is 4.90 Å². The Kier molecular flexibility index (Phi) is 8.45. The highest BCUT2D eigenvalue weighted by atomic mass is 35.5. The molecule has 0 bridgehead atoms. The van der Waals surface area contributed by atoms with Crippen LogP contribution in [0.1, 0.15) is 26.3 Å². The van der Waals surface area contributed by atoms with Crippen molar-refractivity contribution in [1.29, 1.82) is 0 Å². The number of nitrogens with one attached hydrogen (secondary N) is 1. The van der Waals surface area contributed by atoms with Gasteiger partial charge in [0.05, 0.1) is 29.8 Å². The first kappa shape index (κ1) is 28.0. The summed E-state index contributed by atoms with van der Waals surface area (Å²) in [6, 6.07) is 28.3. The van der Waals surface area contributed by atoms with Crippen LogP contribution in [0.4, 0.5) is 11.4 Å². The molecule has 3 N–H and O–H groups in total. The van der Waals surface area contributed by atoms with Gasteiger partial charge in [0.1, 0.15) is 0 Å². The second kappa shape index (κ2) is 12.3. The van der Waals surface area contributed by atoms with E-state index in [9.17, 15) is 24.6 Å². The van der Waals surface area contributed by atoms with Crippen molar-refractivity contribution in [2.75, 3.05) is 29.9 Å². The van der Waals surface area contributed by atoms with Crippen LogP contribution in [-0.2, 0) is 11.3 Å². The van der Waals surface area contributed by atoms with Gasteiger partial charge < -0.3 is 20.4 Å². The molecule has 2 amide bonds. The van der Waals surface area contributed by atoms with Gasteiger partial charge in [0.15, 0.2) is 0 Å². The Balaban J connectivity index is 1.40. The maximum atomic E-state index is 13.8. The fourth-order valence-electron chi connectivity index (χ4n) is 5.07. The van der Waals surface area contributed by atoms with Gasteiger partial charge in [-0.25, -0.2) is 0 Å². The van der Waals surface area contributed by atoms with E-state index in [0.717, 1.165) is 16.7 Å². The van der Waals surface area contributed by atoms with Gasteiger partial charge in [0.25, 0.3) is 11.8 Å². The average molecular weight is 570 g/mol. The zero-order valence-corrected chi connectivity index (χ0v) is 22.8. The van der Waals surface area contributed by atoms with Crippen LogP contribution < -0.4 is 10.2 Å². The minimum Gasteiger partial charge on any atom is -0.480 e. The summed E-state index contributed by atoms with van der Waals surface area (Å²) in [4.78, 5) is 41.7. The number of carbonyl (C=O) groups excluding carboxylic acids is 2. The third-order valence-corrected chi connectivity index (χ3v) is 7.39. The second-order valence-corrected chi connectivity index (χ2v) is 10.1. The molecule has 4 aromatic carbocycles. The minimum atomic E-state index is -1.02. The monoisotopic (exact) mass is 569 g/mol. The predicted octanol–water partition coefficient (Wildman–Crippen LogP) is 5.17. The molecular formula is C32H28ClN3O5. The van der Waals surface area contributed by atoms with Crippen LogP contribution in [0.2, 0.25) is 5.02 Å². The Hall–Kier alpha value is -4.50. The number of halogens is 1. The van der Waals surface area contributed by atoms with Gasteiger partial charge in [0, 0.05) is 30.0 Å². The Morgan fingerprint density at radius 2 is 1.59 bits per heavy atom. The molecule has 0 fully saturated rings. The number of fused-ring (bicyclic) bond motifs is 1. The number of benzene rings is 4. The van der Waals surface area contributed by atoms with E-state index >= 15 is 0 Å². The van der Waals surface area contributed by atoms with E-state index in [1.165, 1.54) is 11.0 Å². The number of carboxylic acid groups (broad SMARTS) is 1. The number of hydrogen-bond donors (Lipinski definition) is 3. The summed E-state index contributed by atoms with van der Waals surface area (Å²) in [5.74, 6) is -1.73. The van der Waals surface area contributed by atoms with E-state index in [2.05, 4.69) is 5.32 Å². The van der Waals surface area contributed by atoms with Gasteiger partial charge in [-0.1, -0.05) is 78.3 Å². The maximum absolute atomic E-state index is 13.8. The quantitative estimate of drug-likeness (QED) is 0.283. The molecule has 1 aliphatic heterocycles. The molecule has 9 heteroatoms. The molecular weight excluding hydrogens is 542 g/mol. The minimum absolute atomic E-state index is 0.0741. The fourth-order valence-corrected chi connectivity index (χ4v) is 5.33. The Morgan fingerprint density at radius 3 is 2.32 bits per heavy atom. The number of rotatable bonds is 7. The van der Waals surface area contributed by atoms with Gasteiger partial charge in [-0.05, 0) is 47.0 Å². The zero-order valence-electron chi connectivity index (χ0n) is 22.0. The molecule has 1 aliphatic rings. The Labute approximate surface area is 242 Å². The summed E-state index contributed by atoms with van der Waals surface area (Å²) in [5.41, 5.74) is 4.22. The van der Waals surface area contributed by atoms with Crippen LogP contribution in [-0.4, -0.2) is 58.6 Å². The molecule has 0 saturated heterocycles. The van der Waals surface area contributed by atoms with Gasteiger partial charge >= 0.3 is 5.97 Å². The number of anilines is 2. The number of aliphatic carboxylic acids is 1. The highest BCUT2D eigenvalue weighted by Crippen LogP contribution is 2.31. The summed E-state index contributed by atoms with van der Waals surface area (Å²) in [7, 11) is 0. The number of aliphatic hydroxyl groups excluding tert-OH is 1. The number of nitrogens with zero attached hydrogens (tertiary/aromatic N) is 2. The summed E-state index contributed by atoms with van der Waals surface area (Å²) in [6.07, 6.45) is 0. The molecule has 0 aromatic heterocycles. The third-order valence-electron chi connectivity index (χ3n) is 7.07. The van der Waals surface area contributed by atoms with Gasteiger partial charge in [-0.15, -0.1) is 0 Å². The summed E-state index contributed by atoms with van der Waals surface area (Å²) < 4.78 is 0. The lowest BCUT2D eigenvalue weighted by Gasteiger charge is -2.29. The van der Waals surface area contributed by atoms with Crippen molar-refractivity contribution in [3.05, 3.63) is 119 Å². The van der Waals surface area contributed by atoms with Gasteiger partial charge in [0.2, 0.25) is 0 Å². The van der Waals surface area contributed by atoms with Crippen LogP contribution >= 0.6 is 11.6 Å². The number of carbonyl (C=O) groups is 3. The first-order valence-electron chi connectivity index (χ1n) is 13.1. The number of carboxylic acids is 1. The normalized spacial score (nSPS) is 15.1. The molecule has 8 nitrogen and oxygen atoms in total.